The minimum absolute atomic E-state index is 0.335. The molecule has 1 atom stereocenters. The van der Waals surface area contributed by atoms with Crippen LogP contribution in [0.2, 0.25) is 0 Å². The van der Waals surface area contributed by atoms with Crippen molar-refractivity contribution < 1.29 is 14.6 Å². The van der Waals surface area contributed by atoms with Crippen LogP contribution in [0.15, 0.2) is 24.3 Å². The fourth-order valence-electron chi connectivity index (χ4n) is 3.87. The Bertz CT molecular complexity index is 575. The van der Waals surface area contributed by atoms with Crippen molar-refractivity contribution in [1.29, 1.82) is 0 Å². The third-order valence-electron chi connectivity index (χ3n) is 5.76. The zero-order valence-electron chi connectivity index (χ0n) is 17.9. The van der Waals surface area contributed by atoms with Gasteiger partial charge < -0.3 is 24.8 Å². The largest absolute Gasteiger partial charge is 0.491 e. The SMILES string of the molecule is CCN1CCN(CC(O)COc2cccc(CNCCN3CCOCC3)c2)CC1. The molecule has 0 amide bonds. The van der Waals surface area contributed by atoms with Gasteiger partial charge in [0.15, 0.2) is 0 Å². The topological polar surface area (TPSA) is 60.4 Å². The molecular weight excluding hydrogens is 368 g/mol. The number of morpholine rings is 1. The molecule has 164 valence electrons. The average molecular weight is 407 g/mol. The number of hydrogen-bond acceptors (Lipinski definition) is 7. The average Bonchev–Trinajstić information content (AvgIpc) is 2.77. The van der Waals surface area contributed by atoms with Gasteiger partial charge in [-0.05, 0) is 24.2 Å². The first-order valence-corrected chi connectivity index (χ1v) is 11.1. The van der Waals surface area contributed by atoms with Crippen LogP contribution < -0.4 is 10.1 Å². The van der Waals surface area contributed by atoms with Gasteiger partial charge in [0.25, 0.3) is 0 Å². The quantitative estimate of drug-likeness (QED) is 0.519. The predicted octanol–water partition coefficient (Wildman–Crippen LogP) is 0.486. The van der Waals surface area contributed by atoms with E-state index in [9.17, 15) is 5.11 Å². The number of ether oxygens (including phenoxy) is 2. The Labute approximate surface area is 175 Å². The van der Waals surface area contributed by atoms with Crippen molar-refractivity contribution in [2.24, 2.45) is 0 Å². The molecule has 0 aromatic heterocycles. The molecule has 0 saturated carbocycles. The fraction of sp³-hybridized carbons (Fsp3) is 0.727. The van der Waals surface area contributed by atoms with Crippen LogP contribution in [0.1, 0.15) is 12.5 Å². The molecule has 2 fully saturated rings. The second-order valence-corrected chi connectivity index (χ2v) is 7.98. The molecule has 0 aliphatic carbocycles. The zero-order valence-corrected chi connectivity index (χ0v) is 17.9. The van der Waals surface area contributed by atoms with Crippen LogP contribution in [0.25, 0.3) is 0 Å². The van der Waals surface area contributed by atoms with Gasteiger partial charge in [-0.15, -0.1) is 0 Å². The molecule has 1 aromatic carbocycles. The van der Waals surface area contributed by atoms with E-state index < -0.39 is 6.10 Å². The number of benzene rings is 1. The lowest BCUT2D eigenvalue weighted by atomic mass is 10.2. The molecule has 0 spiro atoms. The van der Waals surface area contributed by atoms with Gasteiger partial charge in [-0.25, -0.2) is 0 Å². The second kappa shape index (κ2) is 12.5. The minimum Gasteiger partial charge on any atom is -0.491 e. The minimum atomic E-state index is -0.460. The molecule has 2 aliphatic heterocycles. The molecule has 7 heteroatoms. The molecule has 1 aromatic rings. The van der Waals surface area contributed by atoms with Crippen molar-refractivity contribution >= 4 is 0 Å². The van der Waals surface area contributed by atoms with Crippen LogP contribution in [0, 0.1) is 0 Å². The maximum absolute atomic E-state index is 10.3. The number of aliphatic hydroxyl groups is 1. The highest BCUT2D eigenvalue weighted by Crippen LogP contribution is 2.14. The Morgan fingerprint density at radius 2 is 1.83 bits per heavy atom. The summed E-state index contributed by atoms with van der Waals surface area (Å²) in [7, 11) is 0. The van der Waals surface area contributed by atoms with Crippen molar-refractivity contribution in [3.05, 3.63) is 29.8 Å². The lowest BCUT2D eigenvalue weighted by molar-refractivity contribution is 0.0384. The van der Waals surface area contributed by atoms with E-state index in [1.165, 1.54) is 5.56 Å². The van der Waals surface area contributed by atoms with Crippen LogP contribution >= 0.6 is 0 Å². The van der Waals surface area contributed by atoms with Gasteiger partial charge in [0.05, 0.1) is 13.2 Å². The lowest BCUT2D eigenvalue weighted by Crippen LogP contribution is -2.49. The normalized spacial score (nSPS) is 20.6. The Hall–Kier alpha value is -1.22. The van der Waals surface area contributed by atoms with Crippen molar-refractivity contribution in [3.63, 3.8) is 0 Å². The molecule has 7 nitrogen and oxygen atoms in total. The summed E-state index contributed by atoms with van der Waals surface area (Å²) in [6.07, 6.45) is -0.460. The number of β-amino-alcohol motifs (C(OH)–C–C–N with tert-alkyl or cyclic N) is 1. The van der Waals surface area contributed by atoms with Gasteiger partial charge in [-0.2, -0.15) is 0 Å². The number of hydrogen-bond donors (Lipinski definition) is 2. The molecule has 1 unspecified atom stereocenters. The van der Waals surface area contributed by atoms with Crippen LogP contribution in [0.3, 0.4) is 0 Å². The highest BCUT2D eigenvalue weighted by molar-refractivity contribution is 5.28. The number of likely N-dealkylation sites (N-methyl/N-ethyl adjacent to an activating group) is 1. The standard InChI is InChI=1S/C22H38N4O3/c1-2-24-8-10-26(11-9-24)18-21(27)19-29-22-5-3-4-20(16-22)17-23-6-7-25-12-14-28-15-13-25/h3-5,16,21,23,27H,2,6-15,17-19H2,1H3. The summed E-state index contributed by atoms with van der Waals surface area (Å²) in [6, 6.07) is 8.15. The molecule has 2 saturated heterocycles. The van der Waals surface area contributed by atoms with Gasteiger partial charge >= 0.3 is 0 Å². The number of nitrogens with zero attached hydrogens (tertiary/aromatic N) is 3. The maximum Gasteiger partial charge on any atom is 0.119 e. The molecule has 29 heavy (non-hydrogen) atoms. The highest BCUT2D eigenvalue weighted by Gasteiger charge is 2.18. The Balaban J connectivity index is 1.31. The van der Waals surface area contributed by atoms with E-state index in [0.29, 0.717) is 13.2 Å². The lowest BCUT2D eigenvalue weighted by Gasteiger charge is -2.34. The van der Waals surface area contributed by atoms with E-state index in [4.69, 9.17) is 9.47 Å². The van der Waals surface area contributed by atoms with Gasteiger partial charge in [-0.1, -0.05) is 19.1 Å². The van der Waals surface area contributed by atoms with Gasteiger partial charge in [-0.3, -0.25) is 9.80 Å². The Morgan fingerprint density at radius 3 is 2.59 bits per heavy atom. The molecule has 2 heterocycles. The molecule has 0 bridgehead atoms. The monoisotopic (exact) mass is 406 g/mol. The summed E-state index contributed by atoms with van der Waals surface area (Å²) in [6.45, 7) is 15.2. The number of rotatable bonds is 11. The van der Waals surface area contributed by atoms with Gasteiger partial charge in [0.1, 0.15) is 18.5 Å². The molecule has 2 N–H and O–H groups in total. The number of aliphatic hydroxyl groups excluding tert-OH is 1. The van der Waals surface area contributed by atoms with Crippen LogP contribution in [-0.4, -0.2) is 111 Å². The van der Waals surface area contributed by atoms with Crippen LogP contribution in [0.4, 0.5) is 0 Å². The highest BCUT2D eigenvalue weighted by atomic mass is 16.5. The van der Waals surface area contributed by atoms with Crippen molar-refractivity contribution in [3.8, 4) is 5.75 Å². The smallest absolute Gasteiger partial charge is 0.119 e. The predicted molar refractivity (Wildman–Crippen MR) is 115 cm³/mol. The number of nitrogens with one attached hydrogen (secondary N) is 1. The van der Waals surface area contributed by atoms with Crippen molar-refractivity contribution in [1.82, 2.24) is 20.0 Å². The molecule has 3 rings (SSSR count). The molecule has 0 radical (unpaired) electrons. The first-order valence-electron chi connectivity index (χ1n) is 11.1. The van der Waals surface area contributed by atoms with Crippen LogP contribution in [0.5, 0.6) is 5.75 Å². The fourth-order valence-corrected chi connectivity index (χ4v) is 3.87. The van der Waals surface area contributed by atoms with Crippen LogP contribution in [-0.2, 0) is 11.3 Å². The summed E-state index contributed by atoms with van der Waals surface area (Å²) in [5, 5.41) is 13.9. The van der Waals surface area contributed by atoms with Gasteiger partial charge in [0, 0.05) is 65.4 Å². The summed E-state index contributed by atoms with van der Waals surface area (Å²) in [4.78, 5) is 7.20. The summed E-state index contributed by atoms with van der Waals surface area (Å²) in [5.41, 5.74) is 1.20. The van der Waals surface area contributed by atoms with Gasteiger partial charge in [0.2, 0.25) is 0 Å². The third-order valence-corrected chi connectivity index (χ3v) is 5.76. The molecule has 2 aliphatic rings. The Kier molecular flexibility index (Phi) is 9.66. The first kappa shape index (κ1) is 22.5. The second-order valence-electron chi connectivity index (χ2n) is 7.98. The van der Waals surface area contributed by atoms with Crippen molar-refractivity contribution in [2.75, 3.05) is 85.3 Å². The van der Waals surface area contributed by atoms with E-state index in [-0.39, 0.29) is 0 Å². The maximum atomic E-state index is 10.3. The van der Waals surface area contributed by atoms with E-state index in [0.717, 1.165) is 84.4 Å². The van der Waals surface area contributed by atoms with E-state index >= 15 is 0 Å². The van der Waals surface area contributed by atoms with Crippen molar-refractivity contribution in [2.45, 2.75) is 19.6 Å². The summed E-state index contributed by atoms with van der Waals surface area (Å²) in [5.74, 6) is 0.826. The summed E-state index contributed by atoms with van der Waals surface area (Å²) >= 11 is 0. The molecular formula is C22H38N4O3. The van der Waals surface area contributed by atoms with E-state index in [2.05, 4.69) is 39.1 Å². The first-order chi connectivity index (χ1) is 14.2. The van der Waals surface area contributed by atoms with E-state index in [1.807, 2.05) is 12.1 Å². The third kappa shape index (κ3) is 8.20. The zero-order chi connectivity index (χ0) is 20.3. The van der Waals surface area contributed by atoms with E-state index in [1.54, 1.807) is 0 Å². The number of piperazine rings is 1. The Morgan fingerprint density at radius 1 is 1.07 bits per heavy atom. The summed E-state index contributed by atoms with van der Waals surface area (Å²) < 4.78 is 11.2.